The molecule has 8 nitrogen and oxygen atoms in total. The summed E-state index contributed by atoms with van der Waals surface area (Å²) in [5.74, 6) is -1.38. The van der Waals surface area contributed by atoms with E-state index in [1.807, 2.05) is 6.92 Å². The van der Waals surface area contributed by atoms with Crippen LogP contribution in [0, 0.1) is 22.7 Å². The lowest BCUT2D eigenvalue weighted by molar-refractivity contribution is -0.211. The molecule has 0 unspecified atom stereocenters. The molecule has 0 aromatic rings. The van der Waals surface area contributed by atoms with Crippen LogP contribution in [-0.4, -0.2) is 82.2 Å². The molecule has 3 fully saturated rings. The first-order valence-corrected chi connectivity index (χ1v) is 13.0. The van der Waals surface area contributed by atoms with Gasteiger partial charge in [-0.1, -0.05) is 13.8 Å². The molecule has 0 aromatic carbocycles. The maximum atomic E-state index is 13.3. The number of carbonyl (C=O) groups is 1. The number of aliphatic hydroxyl groups excluding tert-OH is 3. The minimum atomic E-state index is -1.82. The zero-order valence-corrected chi connectivity index (χ0v) is 21.7. The smallest absolute Gasteiger partial charge is 0.187 e. The molecule has 35 heavy (non-hydrogen) atoms. The monoisotopic (exact) mass is 496 g/mol. The molecule has 7 N–H and O–H groups in total. The summed E-state index contributed by atoms with van der Waals surface area (Å²) in [6, 6.07) is 0. The Labute approximate surface area is 207 Å². The normalized spacial score (nSPS) is 48.3. The van der Waals surface area contributed by atoms with Crippen LogP contribution in [-0.2, 0) is 4.79 Å². The van der Waals surface area contributed by atoms with Crippen LogP contribution in [0.1, 0.15) is 86.0 Å². The summed E-state index contributed by atoms with van der Waals surface area (Å²) >= 11 is 0. The quantitative estimate of drug-likeness (QED) is 0.297. The van der Waals surface area contributed by atoms with Crippen molar-refractivity contribution in [3.05, 3.63) is 11.6 Å². The van der Waals surface area contributed by atoms with Gasteiger partial charge in [0.05, 0.1) is 35.1 Å². The maximum absolute atomic E-state index is 13.3. The number of hydrogen-bond acceptors (Lipinski definition) is 8. The third-order valence-electron chi connectivity index (χ3n) is 10.7. The Morgan fingerprint density at radius 3 is 2.17 bits per heavy atom. The fourth-order valence-corrected chi connectivity index (χ4v) is 8.31. The SMILES string of the molecule is CC(C)(O)CC[C@H](O)[C@](C)(O)[C@@H]1CC[C@]2(O)C3=CC(=O)[C@]4(O)C[C@H](O)[C@H](O)C[C@]4(C)[C@H]3CC[C@@]12C. The van der Waals surface area contributed by atoms with Gasteiger partial charge in [-0.15, -0.1) is 0 Å². The highest BCUT2D eigenvalue weighted by molar-refractivity contribution is 6.00. The lowest BCUT2D eigenvalue weighted by Crippen LogP contribution is -2.69. The number of hydrogen-bond donors (Lipinski definition) is 7. The second-order valence-corrected chi connectivity index (χ2v) is 13.3. The molecule has 0 amide bonds. The fraction of sp³-hybridized carbons (Fsp3) is 0.889. The van der Waals surface area contributed by atoms with Crippen LogP contribution in [0.15, 0.2) is 11.6 Å². The molecule has 0 heterocycles. The lowest BCUT2D eigenvalue weighted by Gasteiger charge is -2.62. The van der Waals surface area contributed by atoms with E-state index in [4.69, 9.17) is 0 Å². The van der Waals surface area contributed by atoms with E-state index >= 15 is 0 Å². The number of aliphatic hydroxyl groups is 7. The fourth-order valence-electron chi connectivity index (χ4n) is 8.31. The summed E-state index contributed by atoms with van der Waals surface area (Å²) in [5.41, 5.74) is -7.07. The second-order valence-electron chi connectivity index (χ2n) is 13.3. The minimum absolute atomic E-state index is 0.0437. The summed E-state index contributed by atoms with van der Waals surface area (Å²) in [5, 5.41) is 77.0. The molecule has 0 saturated heterocycles. The molecule has 0 bridgehead atoms. The Bertz CT molecular complexity index is 907. The highest BCUT2D eigenvalue weighted by Gasteiger charge is 2.71. The van der Waals surface area contributed by atoms with Gasteiger partial charge in [-0.3, -0.25) is 4.79 Å². The molecule has 3 saturated carbocycles. The largest absolute Gasteiger partial charge is 0.390 e. The molecule has 4 rings (SSSR count). The number of rotatable bonds is 5. The van der Waals surface area contributed by atoms with Gasteiger partial charge in [0.15, 0.2) is 5.78 Å². The van der Waals surface area contributed by atoms with Crippen molar-refractivity contribution in [1.29, 1.82) is 0 Å². The average molecular weight is 497 g/mol. The summed E-state index contributed by atoms with van der Waals surface area (Å²) in [6.07, 6.45) is 0.0884. The van der Waals surface area contributed by atoms with Crippen molar-refractivity contribution in [2.24, 2.45) is 22.7 Å². The Morgan fingerprint density at radius 1 is 0.971 bits per heavy atom. The van der Waals surface area contributed by atoms with E-state index in [-0.39, 0.29) is 25.2 Å². The van der Waals surface area contributed by atoms with E-state index in [1.165, 1.54) is 6.08 Å². The standard InChI is InChI=1S/C27H44O8/c1-22(2,32)9-8-20(30)25(5,33)19-7-11-26(34)16-12-21(31)27(35)14-18(29)17(28)13-24(27,4)15(16)6-10-23(19,26)3/h12,15,17-20,28-30,32-35H,6-11,13-14H2,1-5H3/t15-,17+,18-,19+,20-,23-,24+,25+,26-,27+/m0/s1. The van der Waals surface area contributed by atoms with Crippen molar-refractivity contribution < 1.29 is 40.5 Å². The van der Waals surface area contributed by atoms with Gasteiger partial charge >= 0.3 is 0 Å². The van der Waals surface area contributed by atoms with Crippen LogP contribution in [0.25, 0.3) is 0 Å². The summed E-state index contributed by atoms with van der Waals surface area (Å²) < 4.78 is 0. The third kappa shape index (κ3) is 3.70. The van der Waals surface area contributed by atoms with E-state index in [0.717, 1.165) is 0 Å². The predicted molar refractivity (Wildman–Crippen MR) is 128 cm³/mol. The Hall–Kier alpha value is -0.870. The van der Waals surface area contributed by atoms with E-state index in [9.17, 15) is 40.5 Å². The van der Waals surface area contributed by atoms with Gasteiger partial charge in [0, 0.05) is 17.3 Å². The van der Waals surface area contributed by atoms with Gasteiger partial charge in [-0.2, -0.15) is 0 Å². The first-order chi connectivity index (χ1) is 15.8. The van der Waals surface area contributed by atoms with Crippen molar-refractivity contribution in [2.45, 2.75) is 127 Å². The summed E-state index contributed by atoms with van der Waals surface area (Å²) in [4.78, 5) is 13.3. The molecule has 4 aliphatic carbocycles. The Kier molecular flexibility index (Phi) is 6.26. The van der Waals surface area contributed by atoms with Crippen LogP contribution in [0.3, 0.4) is 0 Å². The molecule has 4 aliphatic rings. The minimum Gasteiger partial charge on any atom is -0.390 e. The highest BCUT2D eigenvalue weighted by atomic mass is 16.3. The number of carbonyl (C=O) groups excluding carboxylic acids is 1. The van der Waals surface area contributed by atoms with Gasteiger partial charge in [-0.25, -0.2) is 0 Å². The summed E-state index contributed by atoms with van der Waals surface area (Å²) in [6.45, 7) is 8.58. The Balaban J connectivity index is 1.70. The summed E-state index contributed by atoms with van der Waals surface area (Å²) in [7, 11) is 0. The molecular weight excluding hydrogens is 452 g/mol. The molecular formula is C27H44O8. The molecule has 0 radical (unpaired) electrons. The van der Waals surface area contributed by atoms with E-state index in [0.29, 0.717) is 37.7 Å². The first kappa shape index (κ1) is 27.2. The molecule has 10 atom stereocenters. The highest BCUT2D eigenvalue weighted by Crippen LogP contribution is 2.69. The van der Waals surface area contributed by atoms with E-state index in [1.54, 1.807) is 27.7 Å². The van der Waals surface area contributed by atoms with Gasteiger partial charge in [-0.05, 0) is 89.2 Å². The van der Waals surface area contributed by atoms with Crippen molar-refractivity contribution >= 4 is 5.78 Å². The van der Waals surface area contributed by atoms with Gasteiger partial charge in [0.2, 0.25) is 0 Å². The zero-order chi connectivity index (χ0) is 26.4. The zero-order valence-electron chi connectivity index (χ0n) is 21.7. The third-order valence-corrected chi connectivity index (χ3v) is 10.7. The van der Waals surface area contributed by atoms with Gasteiger partial charge in [0.1, 0.15) is 5.60 Å². The first-order valence-electron chi connectivity index (χ1n) is 13.0. The van der Waals surface area contributed by atoms with Crippen LogP contribution in [0.2, 0.25) is 0 Å². The van der Waals surface area contributed by atoms with Crippen LogP contribution < -0.4 is 0 Å². The van der Waals surface area contributed by atoms with Crippen LogP contribution in [0.5, 0.6) is 0 Å². The lowest BCUT2D eigenvalue weighted by atomic mass is 9.44. The topological polar surface area (TPSA) is 159 Å². The van der Waals surface area contributed by atoms with Gasteiger partial charge < -0.3 is 35.7 Å². The van der Waals surface area contributed by atoms with E-state index in [2.05, 4.69) is 0 Å². The molecule has 0 spiro atoms. The van der Waals surface area contributed by atoms with Crippen molar-refractivity contribution in [2.75, 3.05) is 0 Å². The van der Waals surface area contributed by atoms with Crippen molar-refractivity contribution in [3.8, 4) is 0 Å². The molecule has 0 aliphatic heterocycles. The van der Waals surface area contributed by atoms with Crippen molar-refractivity contribution in [1.82, 2.24) is 0 Å². The molecule has 0 aromatic heterocycles. The molecule has 200 valence electrons. The maximum Gasteiger partial charge on any atom is 0.187 e. The van der Waals surface area contributed by atoms with Gasteiger partial charge in [0.25, 0.3) is 0 Å². The van der Waals surface area contributed by atoms with Crippen LogP contribution >= 0.6 is 0 Å². The average Bonchev–Trinajstić information content (AvgIpc) is 3.01. The van der Waals surface area contributed by atoms with E-state index < -0.39 is 63.2 Å². The second kappa shape index (κ2) is 8.06. The predicted octanol–water partition coefficient (Wildman–Crippen LogP) is 0.969. The molecule has 8 heteroatoms. The Morgan fingerprint density at radius 2 is 1.57 bits per heavy atom. The number of fused-ring (bicyclic) bond motifs is 5. The van der Waals surface area contributed by atoms with Crippen molar-refractivity contribution in [3.63, 3.8) is 0 Å². The number of ketones is 1. The van der Waals surface area contributed by atoms with Crippen LogP contribution in [0.4, 0.5) is 0 Å².